The molecule has 2 saturated heterocycles. The lowest BCUT2D eigenvalue weighted by Gasteiger charge is -2.33. The van der Waals surface area contributed by atoms with Gasteiger partial charge in [0.05, 0.1) is 23.7 Å². The van der Waals surface area contributed by atoms with Crippen LogP contribution < -0.4 is 5.69 Å². The van der Waals surface area contributed by atoms with Crippen LogP contribution in [0.15, 0.2) is 65.5 Å². The van der Waals surface area contributed by atoms with Crippen LogP contribution in [0.1, 0.15) is 36.8 Å². The van der Waals surface area contributed by atoms with E-state index in [0.29, 0.717) is 29.2 Å². The Balaban J connectivity index is 0.000000349. The number of aliphatic carboxylic acids is 2. The maximum absolute atomic E-state index is 12.5. The minimum Gasteiger partial charge on any atom is -0.478 e. The van der Waals surface area contributed by atoms with Crippen LogP contribution in [0.5, 0.6) is 0 Å². The first-order valence-corrected chi connectivity index (χ1v) is 12.6. The molecule has 2 fully saturated rings. The van der Waals surface area contributed by atoms with Crippen LogP contribution in [0.3, 0.4) is 0 Å². The second kappa shape index (κ2) is 12.2. The first kappa shape index (κ1) is 26.7. The number of halogens is 1. The molecule has 10 heteroatoms. The number of carboxylic acid groups (broad SMARTS) is 2. The highest BCUT2D eigenvalue weighted by Crippen LogP contribution is 2.31. The van der Waals surface area contributed by atoms with Crippen LogP contribution in [-0.4, -0.2) is 68.9 Å². The molecule has 0 spiro atoms. The molecular formula is C27H30ClN3O6. The molecule has 1 aromatic heterocycles. The summed E-state index contributed by atoms with van der Waals surface area (Å²) in [6, 6.07) is 16.5. The topological polar surface area (TPSA) is 125 Å². The number of aromatic amines is 1. The lowest BCUT2D eigenvalue weighted by molar-refractivity contribution is -0.134. The van der Waals surface area contributed by atoms with Crippen molar-refractivity contribution in [3.05, 3.63) is 81.8 Å². The van der Waals surface area contributed by atoms with Crippen LogP contribution in [0.2, 0.25) is 5.02 Å². The van der Waals surface area contributed by atoms with E-state index in [2.05, 4.69) is 40.2 Å². The standard InChI is InChI=1S/C23H26ClN3O2.C4H4O4/c24-18-6-7-22-21(13-18)25-23(28)27(22)19-8-10-26(11-9-19)14-20-12-17(15-29-20)16-4-2-1-3-5-16;5-3(6)1-2-4(7)8/h1-7,13,17,19-20H,8-12,14-15H2,(H,25,28);1-2H,(H,5,6)(H,7,8)/b;2-1-. The number of likely N-dealkylation sites (tertiary alicyclic amines) is 1. The Labute approximate surface area is 218 Å². The average Bonchev–Trinajstić information content (AvgIpc) is 3.47. The van der Waals surface area contributed by atoms with Gasteiger partial charge in [0, 0.05) is 48.8 Å². The quantitative estimate of drug-likeness (QED) is 0.415. The number of nitrogens with one attached hydrogen (secondary N) is 1. The van der Waals surface area contributed by atoms with E-state index in [0.717, 1.165) is 56.5 Å². The molecule has 0 aliphatic carbocycles. The van der Waals surface area contributed by atoms with Crippen molar-refractivity contribution < 1.29 is 24.5 Å². The van der Waals surface area contributed by atoms with Gasteiger partial charge in [-0.1, -0.05) is 41.9 Å². The molecule has 2 unspecified atom stereocenters. The Morgan fingerprint density at radius 3 is 2.38 bits per heavy atom. The van der Waals surface area contributed by atoms with Gasteiger partial charge >= 0.3 is 17.6 Å². The maximum Gasteiger partial charge on any atom is 0.328 e. The van der Waals surface area contributed by atoms with Crippen molar-refractivity contribution >= 4 is 34.6 Å². The molecular weight excluding hydrogens is 498 g/mol. The van der Waals surface area contributed by atoms with Crippen molar-refractivity contribution in [1.82, 2.24) is 14.5 Å². The van der Waals surface area contributed by atoms with Crippen molar-refractivity contribution in [2.24, 2.45) is 0 Å². The number of benzene rings is 2. The summed E-state index contributed by atoms with van der Waals surface area (Å²) in [4.78, 5) is 37.1. The van der Waals surface area contributed by atoms with Crippen molar-refractivity contribution in [3.63, 3.8) is 0 Å². The fourth-order valence-corrected chi connectivity index (χ4v) is 5.22. The third kappa shape index (κ3) is 7.09. The third-order valence-corrected chi connectivity index (χ3v) is 7.02. The Morgan fingerprint density at radius 2 is 1.73 bits per heavy atom. The second-order valence-corrected chi connectivity index (χ2v) is 9.74. The normalized spacial score (nSPS) is 20.7. The summed E-state index contributed by atoms with van der Waals surface area (Å²) < 4.78 is 8.01. The average molecular weight is 528 g/mol. The highest BCUT2D eigenvalue weighted by molar-refractivity contribution is 6.31. The monoisotopic (exact) mass is 527 g/mol. The van der Waals surface area contributed by atoms with Crippen LogP contribution >= 0.6 is 11.6 Å². The number of nitrogens with zero attached hydrogens (tertiary/aromatic N) is 2. The molecule has 196 valence electrons. The molecule has 3 aromatic rings. The molecule has 9 nitrogen and oxygen atoms in total. The predicted molar refractivity (Wildman–Crippen MR) is 140 cm³/mol. The van der Waals surface area contributed by atoms with Crippen molar-refractivity contribution in [1.29, 1.82) is 0 Å². The van der Waals surface area contributed by atoms with Gasteiger partial charge in [0.25, 0.3) is 0 Å². The smallest absolute Gasteiger partial charge is 0.328 e. The number of ether oxygens (including phenoxy) is 1. The van der Waals surface area contributed by atoms with E-state index in [4.69, 9.17) is 26.6 Å². The highest BCUT2D eigenvalue weighted by atomic mass is 35.5. The zero-order chi connectivity index (χ0) is 26.4. The molecule has 5 rings (SSSR count). The summed E-state index contributed by atoms with van der Waals surface area (Å²) in [7, 11) is 0. The van der Waals surface area contributed by atoms with Gasteiger partial charge in [-0.2, -0.15) is 0 Å². The molecule has 2 aliphatic rings. The minimum atomic E-state index is -1.26. The SMILES string of the molecule is O=C(O)/C=C\C(=O)O.O=c1[nH]c2cc(Cl)ccc2n1C1CCN(CC2CC(c3ccccc3)CO2)CC1. The van der Waals surface area contributed by atoms with E-state index in [1.54, 1.807) is 0 Å². The number of aromatic nitrogens is 2. The number of fused-ring (bicyclic) bond motifs is 1. The molecule has 2 atom stereocenters. The molecule has 3 heterocycles. The van der Waals surface area contributed by atoms with Crippen LogP contribution in [0.4, 0.5) is 0 Å². The van der Waals surface area contributed by atoms with E-state index >= 15 is 0 Å². The second-order valence-electron chi connectivity index (χ2n) is 9.30. The van der Waals surface area contributed by atoms with E-state index in [1.165, 1.54) is 5.56 Å². The highest BCUT2D eigenvalue weighted by Gasteiger charge is 2.30. The van der Waals surface area contributed by atoms with Crippen molar-refractivity contribution in [2.45, 2.75) is 37.3 Å². The summed E-state index contributed by atoms with van der Waals surface area (Å²) in [5.74, 6) is -2.00. The van der Waals surface area contributed by atoms with Crippen molar-refractivity contribution in [3.8, 4) is 0 Å². The fraction of sp³-hybridized carbons (Fsp3) is 0.370. The number of piperidine rings is 1. The van der Waals surface area contributed by atoms with E-state index in [9.17, 15) is 14.4 Å². The number of carbonyl (C=O) groups is 2. The number of carboxylic acids is 2. The first-order chi connectivity index (χ1) is 17.8. The summed E-state index contributed by atoms with van der Waals surface area (Å²) in [6.07, 6.45) is 4.46. The number of hydrogen-bond donors (Lipinski definition) is 3. The summed E-state index contributed by atoms with van der Waals surface area (Å²) in [5, 5.41) is 16.3. The van der Waals surface area contributed by atoms with E-state index < -0.39 is 11.9 Å². The van der Waals surface area contributed by atoms with Gasteiger partial charge in [0.15, 0.2) is 0 Å². The lowest BCUT2D eigenvalue weighted by atomic mass is 9.96. The van der Waals surface area contributed by atoms with Gasteiger partial charge in [0.1, 0.15) is 0 Å². The molecule has 2 aromatic carbocycles. The number of rotatable bonds is 6. The minimum absolute atomic E-state index is 0.0365. The van der Waals surface area contributed by atoms with Gasteiger partial charge in [-0.05, 0) is 43.0 Å². The number of hydrogen-bond acceptors (Lipinski definition) is 5. The van der Waals surface area contributed by atoms with Gasteiger partial charge in [-0.25, -0.2) is 14.4 Å². The van der Waals surface area contributed by atoms with Crippen LogP contribution in [-0.2, 0) is 14.3 Å². The molecule has 3 N–H and O–H groups in total. The van der Waals surface area contributed by atoms with Gasteiger partial charge in [-0.15, -0.1) is 0 Å². The number of H-pyrrole nitrogens is 1. The van der Waals surface area contributed by atoms with Crippen LogP contribution in [0, 0.1) is 0 Å². The Morgan fingerprint density at radius 1 is 1.05 bits per heavy atom. The summed E-state index contributed by atoms with van der Waals surface area (Å²) in [5.41, 5.74) is 3.11. The zero-order valence-electron chi connectivity index (χ0n) is 20.3. The van der Waals surface area contributed by atoms with Gasteiger partial charge in [-0.3, -0.25) is 4.57 Å². The Hall–Kier alpha value is -3.40. The number of imidazole rings is 1. The van der Waals surface area contributed by atoms with Crippen molar-refractivity contribution in [2.75, 3.05) is 26.2 Å². The molecule has 0 amide bonds. The predicted octanol–water partition coefficient (Wildman–Crippen LogP) is 3.90. The molecule has 0 saturated carbocycles. The maximum atomic E-state index is 12.5. The van der Waals surface area contributed by atoms with E-state index in [1.807, 2.05) is 22.8 Å². The summed E-state index contributed by atoms with van der Waals surface area (Å²) in [6.45, 7) is 3.79. The van der Waals surface area contributed by atoms with Gasteiger partial charge in [0.2, 0.25) is 0 Å². The fourth-order valence-electron chi connectivity index (χ4n) is 5.05. The lowest BCUT2D eigenvalue weighted by Crippen LogP contribution is -2.40. The third-order valence-electron chi connectivity index (χ3n) is 6.78. The van der Waals surface area contributed by atoms with Crippen LogP contribution in [0.25, 0.3) is 11.0 Å². The van der Waals surface area contributed by atoms with Gasteiger partial charge < -0.3 is 24.8 Å². The Bertz CT molecular complexity index is 1290. The Kier molecular flexibility index (Phi) is 8.81. The van der Waals surface area contributed by atoms with E-state index in [-0.39, 0.29) is 11.7 Å². The summed E-state index contributed by atoms with van der Waals surface area (Å²) >= 11 is 6.07. The molecule has 0 radical (unpaired) electrons. The first-order valence-electron chi connectivity index (χ1n) is 12.2. The zero-order valence-corrected chi connectivity index (χ0v) is 21.0. The molecule has 0 bridgehead atoms. The molecule has 2 aliphatic heterocycles. The largest absolute Gasteiger partial charge is 0.478 e. The molecule has 37 heavy (non-hydrogen) atoms.